The van der Waals surface area contributed by atoms with E-state index in [1.54, 1.807) is 18.2 Å². The van der Waals surface area contributed by atoms with Gasteiger partial charge >= 0.3 is 0 Å². The zero-order valence-corrected chi connectivity index (χ0v) is 16.3. The van der Waals surface area contributed by atoms with Crippen LogP contribution in [0.3, 0.4) is 0 Å². The summed E-state index contributed by atoms with van der Waals surface area (Å²) in [6.45, 7) is 0.328. The Hall–Kier alpha value is -3.02. The number of aromatic nitrogens is 5. The van der Waals surface area contributed by atoms with Gasteiger partial charge in [0.1, 0.15) is 0 Å². The number of benzene rings is 1. The first-order valence-corrected chi connectivity index (χ1v) is 8.58. The highest BCUT2D eigenvalue weighted by Crippen LogP contribution is 2.19. The Kier molecular flexibility index (Phi) is 5.87. The summed E-state index contributed by atoms with van der Waals surface area (Å²) >= 11 is 11.9. The topological polar surface area (TPSA) is 140 Å². The third kappa shape index (κ3) is 4.27. The molecule has 13 heteroatoms. The first-order valence-electron chi connectivity index (χ1n) is 7.83. The molecule has 3 aromatic rings. The Morgan fingerprint density at radius 3 is 2.82 bits per heavy atom. The van der Waals surface area contributed by atoms with Gasteiger partial charge in [-0.05, 0) is 36.5 Å². The second-order valence-corrected chi connectivity index (χ2v) is 6.72. The molecule has 0 bridgehead atoms. The molecule has 0 spiro atoms. The fourth-order valence-electron chi connectivity index (χ4n) is 2.25. The second-order valence-electron chi connectivity index (χ2n) is 5.87. The number of carbonyl (C=O) groups is 1. The van der Waals surface area contributed by atoms with E-state index in [-0.39, 0.29) is 17.3 Å². The van der Waals surface area contributed by atoms with Gasteiger partial charge in [0.25, 0.3) is 5.91 Å². The largest absolute Gasteiger partial charge is 0.378 e. The minimum Gasteiger partial charge on any atom is -0.378 e. The average molecular weight is 424 g/mol. The summed E-state index contributed by atoms with van der Waals surface area (Å²) < 4.78 is 5.88. The minimum atomic E-state index is -0.570. The molecule has 1 aromatic carbocycles. The summed E-state index contributed by atoms with van der Waals surface area (Å²) in [5.41, 5.74) is 9.18. The number of hydrazone groups is 1. The van der Waals surface area contributed by atoms with Crippen LogP contribution in [0.15, 0.2) is 27.9 Å². The van der Waals surface area contributed by atoms with Crippen molar-refractivity contribution in [2.45, 2.75) is 6.54 Å². The SMILES string of the molecule is CN(C)Cc1c(C(=O)N/N=C\c2ccc(Cl)cc2Cl)nnn1-c1nonc1N. The molecule has 28 heavy (non-hydrogen) atoms. The molecule has 0 saturated heterocycles. The normalized spacial score (nSPS) is 11.5. The third-order valence-corrected chi connectivity index (χ3v) is 4.04. The van der Waals surface area contributed by atoms with Crippen LogP contribution in [0.25, 0.3) is 5.82 Å². The number of anilines is 1. The lowest BCUT2D eigenvalue weighted by molar-refractivity contribution is 0.0948. The fraction of sp³-hybridized carbons (Fsp3) is 0.200. The first kappa shape index (κ1) is 19.7. The summed E-state index contributed by atoms with van der Waals surface area (Å²) in [6.07, 6.45) is 1.39. The van der Waals surface area contributed by atoms with Crippen LogP contribution in [-0.4, -0.2) is 56.4 Å². The number of halogens is 2. The van der Waals surface area contributed by atoms with Gasteiger partial charge in [-0.3, -0.25) is 4.79 Å². The van der Waals surface area contributed by atoms with Gasteiger partial charge in [0, 0.05) is 17.1 Å². The van der Waals surface area contributed by atoms with Gasteiger partial charge < -0.3 is 10.6 Å². The fourth-order valence-corrected chi connectivity index (χ4v) is 2.70. The summed E-state index contributed by atoms with van der Waals surface area (Å²) in [4.78, 5) is 14.4. The monoisotopic (exact) mass is 423 g/mol. The van der Waals surface area contributed by atoms with Crippen molar-refractivity contribution >= 4 is 41.1 Å². The Labute approximate surface area is 169 Å². The lowest BCUT2D eigenvalue weighted by atomic mass is 10.2. The number of hydrogen-bond donors (Lipinski definition) is 2. The van der Waals surface area contributed by atoms with Crippen LogP contribution < -0.4 is 11.2 Å². The molecular formula is C15H15Cl2N9O2. The van der Waals surface area contributed by atoms with E-state index in [2.05, 4.69) is 35.8 Å². The zero-order chi connectivity index (χ0) is 20.3. The Morgan fingerprint density at radius 2 is 2.18 bits per heavy atom. The molecule has 0 radical (unpaired) electrons. The van der Waals surface area contributed by atoms with Crippen LogP contribution in [0.2, 0.25) is 10.0 Å². The molecule has 0 aliphatic carbocycles. The van der Waals surface area contributed by atoms with Crippen molar-refractivity contribution in [3.63, 3.8) is 0 Å². The number of amides is 1. The molecule has 0 aliphatic rings. The Morgan fingerprint density at radius 1 is 1.39 bits per heavy atom. The van der Waals surface area contributed by atoms with Crippen molar-refractivity contribution in [2.24, 2.45) is 5.10 Å². The van der Waals surface area contributed by atoms with Crippen molar-refractivity contribution in [1.82, 2.24) is 35.6 Å². The van der Waals surface area contributed by atoms with E-state index in [1.807, 2.05) is 19.0 Å². The molecule has 0 unspecified atom stereocenters. The number of nitrogens with zero attached hydrogens (tertiary/aromatic N) is 7. The van der Waals surface area contributed by atoms with Crippen LogP contribution in [0.4, 0.5) is 5.82 Å². The number of nitrogens with one attached hydrogen (secondary N) is 1. The number of nitrogen functional groups attached to an aromatic ring is 1. The van der Waals surface area contributed by atoms with Crippen molar-refractivity contribution in [3.8, 4) is 5.82 Å². The van der Waals surface area contributed by atoms with Crippen LogP contribution in [0.1, 0.15) is 21.7 Å². The molecule has 0 fully saturated rings. The van der Waals surface area contributed by atoms with Crippen molar-refractivity contribution in [1.29, 1.82) is 0 Å². The number of rotatable bonds is 6. The third-order valence-electron chi connectivity index (χ3n) is 3.47. The number of nitrogens with two attached hydrogens (primary N) is 1. The van der Waals surface area contributed by atoms with E-state index in [0.29, 0.717) is 27.8 Å². The summed E-state index contributed by atoms with van der Waals surface area (Å²) in [7, 11) is 3.65. The van der Waals surface area contributed by atoms with Crippen LogP contribution in [0, 0.1) is 0 Å². The Bertz CT molecular complexity index is 1030. The Balaban J connectivity index is 1.84. The van der Waals surface area contributed by atoms with E-state index in [4.69, 9.17) is 28.9 Å². The van der Waals surface area contributed by atoms with Crippen LogP contribution >= 0.6 is 23.2 Å². The van der Waals surface area contributed by atoms with E-state index in [1.165, 1.54) is 10.9 Å². The molecule has 11 nitrogen and oxygen atoms in total. The lowest BCUT2D eigenvalue weighted by Gasteiger charge is -2.11. The average Bonchev–Trinajstić information content (AvgIpc) is 3.22. The zero-order valence-electron chi connectivity index (χ0n) is 14.8. The van der Waals surface area contributed by atoms with E-state index in [0.717, 1.165) is 0 Å². The smallest absolute Gasteiger partial charge is 0.293 e. The van der Waals surface area contributed by atoms with Gasteiger partial charge in [-0.15, -0.1) is 5.10 Å². The highest BCUT2D eigenvalue weighted by molar-refractivity contribution is 6.36. The quantitative estimate of drug-likeness (QED) is 0.447. The second kappa shape index (κ2) is 8.33. The van der Waals surface area contributed by atoms with Gasteiger partial charge in [-0.25, -0.2) is 10.1 Å². The molecule has 0 saturated carbocycles. The van der Waals surface area contributed by atoms with E-state index < -0.39 is 5.91 Å². The molecule has 2 heterocycles. The van der Waals surface area contributed by atoms with Gasteiger partial charge in [-0.1, -0.05) is 34.5 Å². The molecule has 0 atom stereocenters. The van der Waals surface area contributed by atoms with Crippen LogP contribution in [0.5, 0.6) is 0 Å². The van der Waals surface area contributed by atoms with Gasteiger partial charge in [-0.2, -0.15) is 9.78 Å². The maximum Gasteiger partial charge on any atom is 0.293 e. The summed E-state index contributed by atoms with van der Waals surface area (Å²) in [5.74, 6) is -0.411. The molecule has 3 N–H and O–H groups in total. The highest BCUT2D eigenvalue weighted by atomic mass is 35.5. The molecule has 3 rings (SSSR count). The standard InChI is InChI=1S/C15H15Cl2N9O2/c1-25(2)7-11-12(20-24-26(11)14-13(18)22-28-23-14)15(27)21-19-6-8-3-4-9(16)5-10(8)17/h3-6H,7H2,1-2H3,(H2,18,22)(H,21,27)/b19-6-. The minimum absolute atomic E-state index is 0.0206. The molecule has 2 aromatic heterocycles. The highest BCUT2D eigenvalue weighted by Gasteiger charge is 2.24. The van der Waals surface area contributed by atoms with Crippen LogP contribution in [-0.2, 0) is 6.54 Å². The predicted molar refractivity (Wildman–Crippen MR) is 103 cm³/mol. The van der Waals surface area contributed by atoms with Gasteiger partial charge in [0.2, 0.25) is 11.6 Å². The number of carbonyl (C=O) groups excluding carboxylic acids is 1. The number of hydrogen-bond acceptors (Lipinski definition) is 9. The maximum atomic E-state index is 12.5. The maximum absolute atomic E-state index is 12.5. The molecular weight excluding hydrogens is 409 g/mol. The molecule has 146 valence electrons. The van der Waals surface area contributed by atoms with Crippen molar-refractivity contribution < 1.29 is 9.42 Å². The molecule has 1 amide bonds. The first-order chi connectivity index (χ1) is 13.4. The van der Waals surface area contributed by atoms with E-state index >= 15 is 0 Å². The molecule has 0 aliphatic heterocycles. The van der Waals surface area contributed by atoms with Gasteiger partial charge in [0.05, 0.1) is 16.9 Å². The van der Waals surface area contributed by atoms with E-state index in [9.17, 15) is 4.79 Å². The van der Waals surface area contributed by atoms with Crippen molar-refractivity contribution in [3.05, 3.63) is 45.2 Å². The summed E-state index contributed by atoms with van der Waals surface area (Å²) in [6, 6.07) is 4.91. The summed E-state index contributed by atoms with van der Waals surface area (Å²) in [5, 5.41) is 19.8. The predicted octanol–water partition coefficient (Wildman–Crippen LogP) is 1.36. The van der Waals surface area contributed by atoms with Crippen molar-refractivity contribution in [2.75, 3.05) is 19.8 Å². The van der Waals surface area contributed by atoms with Gasteiger partial charge in [0.15, 0.2) is 5.69 Å². The lowest BCUT2D eigenvalue weighted by Crippen LogP contribution is -2.23.